The molecule has 0 atom stereocenters. The number of amides is 1. The second kappa shape index (κ2) is 7.23. The summed E-state index contributed by atoms with van der Waals surface area (Å²) in [6, 6.07) is 9.90. The number of aromatic nitrogens is 1. The van der Waals surface area contributed by atoms with E-state index in [1.54, 1.807) is 4.57 Å². The van der Waals surface area contributed by atoms with Gasteiger partial charge in [-0.05, 0) is 37.5 Å². The molecule has 0 bridgehead atoms. The third kappa shape index (κ3) is 3.37. The number of carbonyl (C=O) groups is 1. The highest BCUT2D eigenvalue weighted by molar-refractivity contribution is 7.19. The van der Waals surface area contributed by atoms with Crippen LogP contribution >= 0.6 is 11.3 Å². The van der Waals surface area contributed by atoms with Gasteiger partial charge in [0.1, 0.15) is 0 Å². The highest BCUT2D eigenvalue weighted by Gasteiger charge is 2.20. The quantitative estimate of drug-likeness (QED) is 0.752. The molecule has 1 amide bonds. The van der Waals surface area contributed by atoms with Crippen LogP contribution in [0.1, 0.15) is 39.7 Å². The molecule has 5 heteroatoms. The highest BCUT2D eigenvalue weighted by atomic mass is 32.1. The summed E-state index contributed by atoms with van der Waals surface area (Å²) in [5.74, 6) is -0.182. The fourth-order valence-corrected chi connectivity index (χ4v) is 4.07. The number of benzene rings is 1. The largest absolute Gasteiger partial charge is 0.348 e. The fourth-order valence-electron chi connectivity index (χ4n) is 3.03. The molecule has 0 fully saturated rings. The summed E-state index contributed by atoms with van der Waals surface area (Å²) in [6.07, 6.45) is 2.70. The zero-order valence-corrected chi connectivity index (χ0v) is 15.6. The minimum Gasteiger partial charge on any atom is -0.348 e. The first-order valence-corrected chi connectivity index (χ1v) is 9.29. The van der Waals surface area contributed by atoms with E-state index in [0.717, 1.165) is 27.1 Å². The molecule has 4 nitrogen and oxygen atoms in total. The van der Waals surface area contributed by atoms with Gasteiger partial charge >= 0.3 is 0 Å². The Labute approximate surface area is 151 Å². The minimum atomic E-state index is -0.182. The summed E-state index contributed by atoms with van der Waals surface area (Å²) in [6.45, 7) is 7.07. The Morgan fingerprint density at radius 3 is 2.68 bits per heavy atom. The third-order valence-corrected chi connectivity index (χ3v) is 5.45. The molecule has 0 saturated heterocycles. The lowest BCUT2D eigenvalue weighted by atomic mass is 10.1. The Morgan fingerprint density at radius 1 is 1.20 bits per heavy atom. The van der Waals surface area contributed by atoms with Gasteiger partial charge in [-0.1, -0.05) is 31.2 Å². The molecule has 0 aliphatic carbocycles. The van der Waals surface area contributed by atoms with E-state index in [9.17, 15) is 9.59 Å². The molecule has 0 saturated carbocycles. The number of pyridine rings is 1. The van der Waals surface area contributed by atoms with Crippen molar-refractivity contribution in [3.63, 3.8) is 0 Å². The lowest BCUT2D eigenvalue weighted by Crippen LogP contribution is -2.26. The fraction of sp³-hybridized carbons (Fsp3) is 0.300. The van der Waals surface area contributed by atoms with E-state index in [2.05, 4.69) is 5.32 Å². The average molecular weight is 354 g/mol. The van der Waals surface area contributed by atoms with Crippen molar-refractivity contribution in [2.24, 2.45) is 0 Å². The summed E-state index contributed by atoms with van der Waals surface area (Å²) in [5, 5.41) is 3.52. The van der Waals surface area contributed by atoms with Crippen LogP contribution in [0.5, 0.6) is 0 Å². The van der Waals surface area contributed by atoms with Crippen molar-refractivity contribution in [3.8, 4) is 0 Å². The number of nitrogens with zero attached hydrogens (tertiary/aromatic N) is 1. The molecule has 130 valence electrons. The molecule has 0 radical (unpaired) electrons. The van der Waals surface area contributed by atoms with Crippen LogP contribution in [-0.2, 0) is 13.1 Å². The standard InChI is InChI=1S/C20H22N2O2S/c1-4-10-22-11-9-16-18(20(22)24)17(14(3)25-16)19(23)21-12-15-8-6-5-7-13(15)2/h5-9,11H,4,10,12H2,1-3H3,(H,21,23). The van der Waals surface area contributed by atoms with Crippen molar-refractivity contribution in [3.05, 3.63) is 68.4 Å². The van der Waals surface area contributed by atoms with Gasteiger partial charge in [-0.3, -0.25) is 9.59 Å². The monoisotopic (exact) mass is 354 g/mol. The van der Waals surface area contributed by atoms with Crippen molar-refractivity contribution in [1.29, 1.82) is 0 Å². The Hall–Kier alpha value is -2.40. The van der Waals surface area contributed by atoms with E-state index in [1.165, 1.54) is 11.3 Å². The van der Waals surface area contributed by atoms with E-state index >= 15 is 0 Å². The Bertz CT molecular complexity index is 985. The molecule has 2 aromatic heterocycles. The molecule has 0 aliphatic rings. The first-order valence-electron chi connectivity index (χ1n) is 8.48. The Kier molecular flexibility index (Phi) is 5.04. The van der Waals surface area contributed by atoms with Crippen LogP contribution in [-0.4, -0.2) is 10.5 Å². The molecular weight excluding hydrogens is 332 g/mol. The van der Waals surface area contributed by atoms with Crippen molar-refractivity contribution >= 4 is 27.3 Å². The van der Waals surface area contributed by atoms with Gasteiger partial charge in [0.15, 0.2) is 0 Å². The smallest absolute Gasteiger partial charge is 0.260 e. The SMILES string of the molecule is CCCn1ccc2sc(C)c(C(=O)NCc3ccccc3C)c2c1=O. The lowest BCUT2D eigenvalue weighted by molar-refractivity contribution is 0.0952. The molecule has 2 heterocycles. The summed E-state index contributed by atoms with van der Waals surface area (Å²) in [7, 11) is 0. The maximum absolute atomic E-state index is 12.8. The maximum atomic E-state index is 12.8. The van der Waals surface area contributed by atoms with Gasteiger partial charge < -0.3 is 9.88 Å². The maximum Gasteiger partial charge on any atom is 0.260 e. The molecule has 3 rings (SSSR count). The van der Waals surface area contributed by atoms with Gasteiger partial charge in [0.2, 0.25) is 0 Å². The van der Waals surface area contributed by atoms with Crippen LogP contribution in [0.15, 0.2) is 41.3 Å². The van der Waals surface area contributed by atoms with Crippen LogP contribution in [0.3, 0.4) is 0 Å². The summed E-state index contributed by atoms with van der Waals surface area (Å²) >= 11 is 1.50. The predicted molar refractivity (Wildman–Crippen MR) is 103 cm³/mol. The molecule has 1 N–H and O–H groups in total. The Balaban J connectivity index is 1.95. The van der Waals surface area contributed by atoms with E-state index < -0.39 is 0 Å². The topological polar surface area (TPSA) is 51.1 Å². The van der Waals surface area contributed by atoms with E-state index in [0.29, 0.717) is 24.0 Å². The van der Waals surface area contributed by atoms with Gasteiger partial charge in [-0.15, -0.1) is 11.3 Å². The lowest BCUT2D eigenvalue weighted by Gasteiger charge is -2.09. The number of rotatable bonds is 5. The van der Waals surface area contributed by atoms with Crippen molar-refractivity contribution in [2.45, 2.75) is 40.3 Å². The summed E-state index contributed by atoms with van der Waals surface area (Å²) in [4.78, 5) is 26.4. The predicted octanol–water partition coefficient (Wildman–Crippen LogP) is 4.02. The molecular formula is C20H22N2O2S. The van der Waals surface area contributed by atoms with E-state index in [1.807, 2.05) is 57.3 Å². The molecule has 0 aliphatic heterocycles. The van der Waals surface area contributed by atoms with Gasteiger partial charge in [0.05, 0.1) is 10.9 Å². The number of carbonyl (C=O) groups excluding carboxylic acids is 1. The zero-order chi connectivity index (χ0) is 18.0. The second-order valence-electron chi connectivity index (χ2n) is 6.20. The highest BCUT2D eigenvalue weighted by Crippen LogP contribution is 2.28. The normalized spacial score (nSPS) is 11.0. The second-order valence-corrected chi connectivity index (χ2v) is 7.45. The zero-order valence-electron chi connectivity index (χ0n) is 14.8. The Morgan fingerprint density at radius 2 is 1.96 bits per heavy atom. The first kappa shape index (κ1) is 17.4. The summed E-state index contributed by atoms with van der Waals surface area (Å²) in [5.41, 5.74) is 2.66. The number of hydrogen-bond acceptors (Lipinski definition) is 3. The van der Waals surface area contributed by atoms with Gasteiger partial charge in [-0.25, -0.2) is 0 Å². The first-order chi connectivity index (χ1) is 12.0. The van der Waals surface area contributed by atoms with Gasteiger partial charge in [0, 0.05) is 28.9 Å². The number of aryl methyl sites for hydroxylation is 3. The van der Waals surface area contributed by atoms with Crippen molar-refractivity contribution < 1.29 is 4.79 Å². The number of fused-ring (bicyclic) bond motifs is 1. The van der Waals surface area contributed by atoms with Crippen molar-refractivity contribution in [2.75, 3.05) is 0 Å². The van der Waals surface area contributed by atoms with Gasteiger partial charge in [0.25, 0.3) is 11.5 Å². The summed E-state index contributed by atoms with van der Waals surface area (Å²) < 4.78 is 2.56. The number of nitrogens with one attached hydrogen (secondary N) is 1. The number of thiophene rings is 1. The van der Waals surface area contributed by atoms with Gasteiger partial charge in [-0.2, -0.15) is 0 Å². The van der Waals surface area contributed by atoms with Crippen molar-refractivity contribution in [1.82, 2.24) is 9.88 Å². The molecule has 1 aromatic carbocycles. The van der Waals surface area contributed by atoms with E-state index in [4.69, 9.17) is 0 Å². The average Bonchev–Trinajstić information content (AvgIpc) is 2.93. The van der Waals surface area contributed by atoms with Crippen LogP contribution in [0.25, 0.3) is 10.1 Å². The number of hydrogen-bond donors (Lipinski definition) is 1. The molecule has 3 aromatic rings. The molecule has 25 heavy (non-hydrogen) atoms. The van der Waals surface area contributed by atoms with E-state index in [-0.39, 0.29) is 11.5 Å². The molecule has 0 unspecified atom stereocenters. The van der Waals surface area contributed by atoms with Crippen LogP contribution in [0.4, 0.5) is 0 Å². The minimum absolute atomic E-state index is 0.0789. The third-order valence-electron chi connectivity index (χ3n) is 4.38. The van der Waals surface area contributed by atoms with Crippen LogP contribution in [0, 0.1) is 13.8 Å². The van der Waals surface area contributed by atoms with Crippen LogP contribution in [0.2, 0.25) is 0 Å². The molecule has 0 spiro atoms. The van der Waals surface area contributed by atoms with Crippen LogP contribution < -0.4 is 10.9 Å².